The molecule has 0 radical (unpaired) electrons. The second-order valence-electron chi connectivity index (χ2n) is 3.95. The molecule has 0 aliphatic carbocycles. The number of amides is 1. The van der Waals surface area contributed by atoms with Crippen LogP contribution in [0, 0.1) is 0 Å². The SMILES string of the molecule is CNc1cnc(C(=O)NCCOc2ccccc2)cn1. The van der Waals surface area contributed by atoms with E-state index >= 15 is 0 Å². The monoisotopic (exact) mass is 272 g/mol. The van der Waals surface area contributed by atoms with Crippen molar-refractivity contribution in [3.63, 3.8) is 0 Å². The second-order valence-corrected chi connectivity index (χ2v) is 3.95. The van der Waals surface area contributed by atoms with Gasteiger partial charge in [-0.3, -0.25) is 4.79 Å². The van der Waals surface area contributed by atoms with E-state index in [2.05, 4.69) is 20.6 Å². The van der Waals surface area contributed by atoms with Crippen molar-refractivity contribution < 1.29 is 9.53 Å². The van der Waals surface area contributed by atoms with E-state index in [1.54, 1.807) is 7.05 Å². The Kier molecular flexibility index (Phi) is 4.88. The molecule has 1 aromatic heterocycles. The third-order valence-corrected chi connectivity index (χ3v) is 2.54. The summed E-state index contributed by atoms with van der Waals surface area (Å²) in [5.74, 6) is 1.13. The molecule has 6 heteroatoms. The van der Waals surface area contributed by atoms with E-state index in [0.717, 1.165) is 5.75 Å². The fourth-order valence-electron chi connectivity index (χ4n) is 1.52. The van der Waals surface area contributed by atoms with Gasteiger partial charge in [0.05, 0.1) is 18.9 Å². The maximum Gasteiger partial charge on any atom is 0.271 e. The van der Waals surface area contributed by atoms with Crippen molar-refractivity contribution in [1.29, 1.82) is 0 Å². The van der Waals surface area contributed by atoms with Gasteiger partial charge in [0.2, 0.25) is 0 Å². The number of carbonyl (C=O) groups excluding carboxylic acids is 1. The van der Waals surface area contributed by atoms with Crippen LogP contribution in [0.1, 0.15) is 10.5 Å². The van der Waals surface area contributed by atoms with Gasteiger partial charge in [0.15, 0.2) is 0 Å². The molecule has 0 aliphatic heterocycles. The lowest BCUT2D eigenvalue weighted by atomic mass is 10.3. The van der Waals surface area contributed by atoms with Crippen LogP contribution in [0.5, 0.6) is 5.75 Å². The van der Waals surface area contributed by atoms with Crippen molar-refractivity contribution in [3.8, 4) is 5.75 Å². The van der Waals surface area contributed by atoms with E-state index in [-0.39, 0.29) is 11.6 Å². The highest BCUT2D eigenvalue weighted by Gasteiger charge is 2.06. The number of nitrogens with zero attached hydrogens (tertiary/aromatic N) is 2. The Hall–Kier alpha value is -2.63. The van der Waals surface area contributed by atoms with Crippen LogP contribution in [-0.4, -0.2) is 36.1 Å². The van der Waals surface area contributed by atoms with E-state index < -0.39 is 0 Å². The van der Waals surface area contributed by atoms with Crippen molar-refractivity contribution in [3.05, 3.63) is 48.4 Å². The van der Waals surface area contributed by atoms with Crippen LogP contribution < -0.4 is 15.4 Å². The lowest BCUT2D eigenvalue weighted by Gasteiger charge is -2.07. The molecule has 1 amide bonds. The summed E-state index contributed by atoms with van der Waals surface area (Å²) in [5.41, 5.74) is 0.281. The Bertz CT molecular complexity index is 543. The van der Waals surface area contributed by atoms with E-state index in [1.165, 1.54) is 12.4 Å². The van der Waals surface area contributed by atoms with Crippen LogP contribution in [0.4, 0.5) is 5.82 Å². The van der Waals surface area contributed by atoms with Crippen LogP contribution >= 0.6 is 0 Å². The first-order valence-electron chi connectivity index (χ1n) is 6.25. The number of para-hydroxylation sites is 1. The van der Waals surface area contributed by atoms with Gasteiger partial charge in [-0.15, -0.1) is 0 Å². The summed E-state index contributed by atoms with van der Waals surface area (Å²) >= 11 is 0. The molecule has 0 spiro atoms. The smallest absolute Gasteiger partial charge is 0.271 e. The normalized spacial score (nSPS) is 9.85. The zero-order chi connectivity index (χ0) is 14.2. The molecule has 6 nitrogen and oxygen atoms in total. The highest BCUT2D eigenvalue weighted by Crippen LogP contribution is 2.07. The number of hydrogen-bond donors (Lipinski definition) is 2. The first kappa shape index (κ1) is 13.8. The van der Waals surface area contributed by atoms with E-state index in [0.29, 0.717) is 19.0 Å². The second kappa shape index (κ2) is 7.08. The number of ether oxygens (including phenoxy) is 1. The van der Waals surface area contributed by atoms with Crippen molar-refractivity contribution in [1.82, 2.24) is 15.3 Å². The molecule has 104 valence electrons. The third kappa shape index (κ3) is 3.94. The first-order chi connectivity index (χ1) is 9.79. The number of hydrogen-bond acceptors (Lipinski definition) is 5. The molecule has 1 aromatic carbocycles. The minimum atomic E-state index is -0.267. The molecule has 2 aromatic rings. The van der Waals surface area contributed by atoms with Gasteiger partial charge in [0.1, 0.15) is 23.9 Å². The summed E-state index contributed by atoms with van der Waals surface area (Å²) in [6.07, 6.45) is 2.94. The molecular weight excluding hydrogens is 256 g/mol. The Morgan fingerprint density at radius 1 is 1.20 bits per heavy atom. The molecule has 2 N–H and O–H groups in total. The fraction of sp³-hybridized carbons (Fsp3) is 0.214. The lowest BCUT2D eigenvalue weighted by molar-refractivity contribution is 0.0941. The number of rotatable bonds is 6. The van der Waals surface area contributed by atoms with E-state index in [4.69, 9.17) is 4.74 Å². The average molecular weight is 272 g/mol. The molecule has 0 unspecified atom stereocenters. The van der Waals surface area contributed by atoms with Gasteiger partial charge in [-0.05, 0) is 12.1 Å². The molecule has 20 heavy (non-hydrogen) atoms. The molecular formula is C14H16N4O2. The van der Waals surface area contributed by atoms with Gasteiger partial charge in [0, 0.05) is 7.05 Å². The third-order valence-electron chi connectivity index (χ3n) is 2.54. The zero-order valence-electron chi connectivity index (χ0n) is 11.2. The maximum atomic E-state index is 11.8. The van der Waals surface area contributed by atoms with Crippen molar-refractivity contribution in [2.75, 3.05) is 25.5 Å². The van der Waals surface area contributed by atoms with Crippen molar-refractivity contribution in [2.24, 2.45) is 0 Å². The van der Waals surface area contributed by atoms with Crippen LogP contribution in [0.2, 0.25) is 0 Å². The molecule has 0 aliphatic rings. The standard InChI is InChI=1S/C14H16N4O2/c1-15-13-10-17-12(9-18-13)14(19)16-7-8-20-11-5-3-2-4-6-11/h2-6,9-10H,7-8H2,1H3,(H,15,18)(H,16,19). The van der Waals surface area contributed by atoms with E-state index in [1.807, 2.05) is 30.3 Å². The minimum Gasteiger partial charge on any atom is -0.492 e. The first-order valence-corrected chi connectivity index (χ1v) is 6.25. The van der Waals surface area contributed by atoms with Crippen LogP contribution in [0.3, 0.4) is 0 Å². The highest BCUT2D eigenvalue weighted by atomic mass is 16.5. The van der Waals surface area contributed by atoms with Gasteiger partial charge >= 0.3 is 0 Å². The van der Waals surface area contributed by atoms with Gasteiger partial charge in [-0.2, -0.15) is 0 Å². The summed E-state index contributed by atoms with van der Waals surface area (Å²) in [4.78, 5) is 19.8. The van der Waals surface area contributed by atoms with Gasteiger partial charge in [-0.25, -0.2) is 9.97 Å². The topological polar surface area (TPSA) is 76.1 Å². The summed E-state index contributed by atoms with van der Waals surface area (Å²) in [6.45, 7) is 0.807. The Morgan fingerprint density at radius 3 is 2.65 bits per heavy atom. The Morgan fingerprint density at radius 2 is 2.00 bits per heavy atom. The number of benzene rings is 1. The summed E-state index contributed by atoms with van der Waals surface area (Å²) < 4.78 is 5.47. The lowest BCUT2D eigenvalue weighted by Crippen LogP contribution is -2.28. The number of anilines is 1. The van der Waals surface area contributed by atoms with Crippen molar-refractivity contribution >= 4 is 11.7 Å². The van der Waals surface area contributed by atoms with Crippen LogP contribution in [-0.2, 0) is 0 Å². The predicted octanol–water partition coefficient (Wildman–Crippen LogP) is 1.33. The summed E-state index contributed by atoms with van der Waals surface area (Å²) in [7, 11) is 1.74. The van der Waals surface area contributed by atoms with E-state index in [9.17, 15) is 4.79 Å². The molecule has 0 fully saturated rings. The van der Waals surface area contributed by atoms with Crippen LogP contribution in [0.15, 0.2) is 42.7 Å². The quantitative estimate of drug-likeness (QED) is 0.776. The summed E-state index contributed by atoms with van der Waals surface area (Å²) in [5, 5.41) is 5.56. The van der Waals surface area contributed by atoms with Gasteiger partial charge < -0.3 is 15.4 Å². The molecule has 0 bridgehead atoms. The number of aromatic nitrogens is 2. The molecule has 2 rings (SSSR count). The minimum absolute atomic E-state index is 0.267. The van der Waals surface area contributed by atoms with Crippen molar-refractivity contribution in [2.45, 2.75) is 0 Å². The van der Waals surface area contributed by atoms with Gasteiger partial charge in [0.25, 0.3) is 5.91 Å². The largest absolute Gasteiger partial charge is 0.492 e. The maximum absolute atomic E-state index is 11.8. The zero-order valence-corrected chi connectivity index (χ0v) is 11.2. The van der Waals surface area contributed by atoms with Crippen LogP contribution in [0.25, 0.3) is 0 Å². The Labute approximate surface area is 117 Å². The number of nitrogens with one attached hydrogen (secondary N) is 2. The molecule has 0 saturated heterocycles. The molecule has 0 atom stereocenters. The Balaban J connectivity index is 1.74. The summed E-state index contributed by atoms with van der Waals surface area (Å²) in [6, 6.07) is 9.44. The molecule has 1 heterocycles. The highest BCUT2D eigenvalue weighted by molar-refractivity contribution is 5.91. The predicted molar refractivity (Wildman–Crippen MR) is 75.8 cm³/mol. The fourth-order valence-corrected chi connectivity index (χ4v) is 1.52. The van der Waals surface area contributed by atoms with Gasteiger partial charge in [-0.1, -0.05) is 18.2 Å². The molecule has 0 saturated carbocycles. The average Bonchev–Trinajstić information content (AvgIpc) is 2.52. The number of carbonyl (C=O) groups is 1.